The second-order valence-electron chi connectivity index (χ2n) is 10.6. The van der Waals surface area contributed by atoms with Gasteiger partial charge >= 0.3 is 0 Å². The van der Waals surface area contributed by atoms with Crippen molar-refractivity contribution in [2.75, 3.05) is 28.3 Å². The minimum absolute atomic E-state index is 0.117. The number of benzene rings is 1. The van der Waals surface area contributed by atoms with Crippen LogP contribution in [0.2, 0.25) is 0 Å². The molecule has 2 aromatic rings. The molecule has 1 unspecified atom stereocenters. The molecule has 10 nitrogen and oxygen atoms in total. The van der Waals surface area contributed by atoms with E-state index in [1.54, 1.807) is 12.3 Å². The van der Waals surface area contributed by atoms with Crippen molar-refractivity contribution in [3.63, 3.8) is 0 Å². The zero-order valence-corrected chi connectivity index (χ0v) is 20.2. The summed E-state index contributed by atoms with van der Waals surface area (Å²) < 4.78 is 5.39. The first kappa shape index (κ1) is 21.8. The third kappa shape index (κ3) is 3.65. The number of nitrogens with two attached hydrogens (primary N) is 1. The number of amides is 1. The number of carbonyl (C=O) groups is 1. The Morgan fingerprint density at radius 1 is 1.20 bits per heavy atom. The Labute approximate surface area is 204 Å². The van der Waals surface area contributed by atoms with E-state index in [1.165, 1.54) is 18.4 Å². The number of anilines is 3. The van der Waals surface area contributed by atoms with Crippen LogP contribution in [0.5, 0.6) is 0 Å². The van der Waals surface area contributed by atoms with E-state index >= 15 is 0 Å². The van der Waals surface area contributed by atoms with Crippen molar-refractivity contribution in [3.05, 3.63) is 66.7 Å². The normalized spacial score (nSPS) is 27.2. The Morgan fingerprint density at radius 3 is 2.66 bits per heavy atom. The quantitative estimate of drug-likeness (QED) is 0.572. The number of primary amides is 1. The van der Waals surface area contributed by atoms with Gasteiger partial charge in [0.15, 0.2) is 12.0 Å². The number of hydrazone groups is 1. The van der Waals surface area contributed by atoms with Crippen LogP contribution in [0.4, 0.5) is 17.1 Å². The molecular weight excluding hydrogens is 444 g/mol. The second kappa shape index (κ2) is 7.62. The summed E-state index contributed by atoms with van der Waals surface area (Å²) in [7, 11) is 0. The Morgan fingerprint density at radius 2 is 2.00 bits per heavy atom. The highest BCUT2D eigenvalue weighted by Crippen LogP contribution is 2.38. The summed E-state index contributed by atoms with van der Waals surface area (Å²) in [5.74, 6) is -0.482. The van der Waals surface area contributed by atoms with E-state index in [0.29, 0.717) is 17.8 Å². The smallest absolute Gasteiger partial charge is 0.284 e. The molecule has 2 bridgehead atoms. The van der Waals surface area contributed by atoms with Gasteiger partial charge in [-0.25, -0.2) is 5.43 Å². The summed E-state index contributed by atoms with van der Waals surface area (Å²) in [4.78, 5) is 18.4. The van der Waals surface area contributed by atoms with Gasteiger partial charge in [0, 0.05) is 42.5 Å². The summed E-state index contributed by atoms with van der Waals surface area (Å²) >= 11 is 0. The summed E-state index contributed by atoms with van der Waals surface area (Å²) in [6, 6.07) is 11.4. The number of hydrogen-bond acceptors (Lipinski definition) is 8. The molecule has 2 fully saturated rings. The van der Waals surface area contributed by atoms with Crippen LogP contribution in [-0.2, 0) is 0 Å². The largest absolute Gasteiger partial charge is 0.457 e. The topological polar surface area (TPSA) is 102 Å². The molecule has 6 rings (SSSR count). The van der Waals surface area contributed by atoms with E-state index in [-0.39, 0.29) is 16.0 Å². The zero-order valence-electron chi connectivity index (χ0n) is 20.2. The Bertz CT molecular complexity index is 1240. The van der Waals surface area contributed by atoms with Crippen LogP contribution in [0.3, 0.4) is 0 Å². The van der Waals surface area contributed by atoms with Gasteiger partial charge in [0.2, 0.25) is 5.70 Å². The van der Waals surface area contributed by atoms with E-state index in [1.807, 2.05) is 23.5 Å². The molecule has 35 heavy (non-hydrogen) atoms. The van der Waals surface area contributed by atoms with E-state index in [0.717, 1.165) is 24.5 Å². The van der Waals surface area contributed by atoms with Crippen LogP contribution in [-0.4, -0.2) is 52.4 Å². The number of nitrogens with zero attached hydrogens (tertiary/aromatic N) is 5. The highest BCUT2D eigenvalue weighted by Gasteiger charge is 2.47. The van der Waals surface area contributed by atoms with E-state index in [4.69, 9.17) is 10.2 Å². The van der Waals surface area contributed by atoms with Crippen molar-refractivity contribution in [1.82, 2.24) is 10.4 Å². The third-order valence-corrected chi connectivity index (χ3v) is 7.28. The average Bonchev–Trinajstić information content (AvgIpc) is 3.61. The van der Waals surface area contributed by atoms with Crippen molar-refractivity contribution < 1.29 is 13.9 Å². The second-order valence-corrected chi connectivity index (χ2v) is 10.6. The maximum atomic E-state index is 11.4. The molecule has 1 amide bonds. The van der Waals surface area contributed by atoms with E-state index < -0.39 is 5.91 Å². The summed E-state index contributed by atoms with van der Waals surface area (Å²) in [6.07, 6.45) is 10.2. The lowest BCUT2D eigenvalue weighted by Gasteiger charge is -2.42. The van der Waals surface area contributed by atoms with Crippen molar-refractivity contribution in [1.29, 1.82) is 0 Å². The van der Waals surface area contributed by atoms with Crippen LogP contribution in [0.25, 0.3) is 0 Å². The highest BCUT2D eigenvalue weighted by atomic mass is 16.3. The fourth-order valence-electron chi connectivity index (χ4n) is 5.55. The highest BCUT2D eigenvalue weighted by molar-refractivity contribution is 5.91. The number of nitrogens with one attached hydrogen (secondary N) is 2. The van der Waals surface area contributed by atoms with Gasteiger partial charge < -0.3 is 20.0 Å². The Balaban J connectivity index is 1.15. The van der Waals surface area contributed by atoms with Gasteiger partial charge in [-0.15, -0.1) is 10.6 Å². The molecular formula is C25H31N8O2+. The molecule has 1 aromatic heterocycles. The zero-order chi connectivity index (χ0) is 24.4. The van der Waals surface area contributed by atoms with Crippen LogP contribution in [0, 0.1) is 0 Å². The van der Waals surface area contributed by atoms with Gasteiger partial charge in [0.05, 0.1) is 23.8 Å². The molecule has 0 saturated carbocycles. The minimum atomic E-state index is -0.600. The predicted molar refractivity (Wildman–Crippen MR) is 135 cm³/mol. The van der Waals surface area contributed by atoms with Crippen molar-refractivity contribution in [2.24, 2.45) is 10.8 Å². The lowest BCUT2D eigenvalue weighted by molar-refractivity contribution is -0.857. The lowest BCUT2D eigenvalue weighted by atomic mass is 10.0. The van der Waals surface area contributed by atoms with Crippen molar-refractivity contribution in [2.45, 2.75) is 44.8 Å². The molecule has 4 N–H and O–H groups in total. The molecule has 2 saturated heterocycles. The fourth-order valence-corrected chi connectivity index (χ4v) is 5.55. The number of carbonyl (C=O) groups excluding carboxylic acids is 1. The SMILES string of the molecule is CC(C)(C)N1C[C@@H]2C[C@H]1CN2c1ccc(N[N+]23C=CN(c4coc(C(N)=O)c4)C=C2C=NN3)cc1. The first-order valence-electron chi connectivity index (χ1n) is 11.9. The number of rotatable bonds is 5. The lowest BCUT2D eigenvalue weighted by Crippen LogP contribution is -2.54. The molecule has 182 valence electrons. The number of furan rings is 1. The molecule has 0 aliphatic carbocycles. The van der Waals surface area contributed by atoms with E-state index in [9.17, 15) is 4.79 Å². The molecule has 10 heteroatoms. The first-order valence-corrected chi connectivity index (χ1v) is 11.9. The maximum absolute atomic E-state index is 11.4. The number of hydrogen-bond donors (Lipinski definition) is 3. The van der Waals surface area contributed by atoms with Gasteiger partial charge in [-0.1, -0.05) is 0 Å². The minimum Gasteiger partial charge on any atom is -0.457 e. The molecule has 5 heterocycles. The van der Waals surface area contributed by atoms with Crippen LogP contribution >= 0.6 is 0 Å². The van der Waals surface area contributed by atoms with E-state index in [2.05, 4.69) is 70.9 Å². The number of allylic oxidation sites excluding steroid dienone is 1. The molecule has 0 spiro atoms. The van der Waals surface area contributed by atoms with Gasteiger partial charge in [-0.2, -0.15) is 0 Å². The van der Waals surface area contributed by atoms with Crippen molar-refractivity contribution in [3.8, 4) is 0 Å². The first-order chi connectivity index (χ1) is 16.7. The van der Waals surface area contributed by atoms with Gasteiger partial charge in [0.25, 0.3) is 5.91 Å². The van der Waals surface area contributed by atoms with Crippen LogP contribution in [0.15, 0.2) is 70.4 Å². The number of piperazine rings is 1. The van der Waals surface area contributed by atoms with Gasteiger partial charge in [0.1, 0.15) is 12.5 Å². The number of quaternary nitrogens is 1. The summed E-state index contributed by atoms with van der Waals surface area (Å²) in [6.45, 7) is 9.15. The molecule has 0 radical (unpaired) electrons. The Kier molecular flexibility index (Phi) is 4.74. The summed E-state index contributed by atoms with van der Waals surface area (Å²) in [5.41, 5.74) is 16.0. The molecule has 4 aliphatic rings. The van der Waals surface area contributed by atoms with Crippen LogP contribution < -0.4 is 26.5 Å². The number of likely N-dealkylation sites (tertiary alicyclic amines) is 1. The molecule has 3 atom stereocenters. The van der Waals surface area contributed by atoms with Crippen molar-refractivity contribution >= 4 is 29.2 Å². The standard InChI is InChI=1S/C25H30N8O2/c1-25(2,3)32-14-19-10-20(32)13-31(19)18-6-4-17(5-7-18)28-33-9-8-30(15-22(33)12-27-29-33)21-11-23(24(26)34)35-16-21/h4-9,11-12,15-16,19-20,28-29H,10,13-14H2,1-3H3,(H-,26,34)/p+1/t19-,20-,33?/m0/s1. The maximum Gasteiger partial charge on any atom is 0.284 e. The summed E-state index contributed by atoms with van der Waals surface area (Å²) in [5, 5.41) is 4.27. The average molecular weight is 476 g/mol. The van der Waals surface area contributed by atoms with Crippen LogP contribution in [0.1, 0.15) is 37.7 Å². The molecule has 4 aliphatic heterocycles. The molecule has 1 aromatic carbocycles. The number of fused-ring (bicyclic) bond motifs is 3. The van der Waals surface area contributed by atoms with Gasteiger partial charge in [-0.3, -0.25) is 9.69 Å². The van der Waals surface area contributed by atoms with Gasteiger partial charge in [-0.05, 0) is 56.2 Å². The monoisotopic (exact) mass is 475 g/mol. The Hall–Kier alpha value is -3.76. The fraction of sp³-hybridized carbons (Fsp3) is 0.360. The predicted octanol–water partition coefficient (Wildman–Crippen LogP) is 2.92. The third-order valence-electron chi connectivity index (χ3n) is 7.28.